The van der Waals surface area contributed by atoms with Crippen LogP contribution in [0.25, 0.3) is 0 Å². The van der Waals surface area contributed by atoms with Crippen molar-refractivity contribution >= 4 is 17.3 Å². The summed E-state index contributed by atoms with van der Waals surface area (Å²) in [5, 5.41) is 3.19. The Morgan fingerprint density at radius 3 is 2.74 bits per heavy atom. The molecule has 0 aliphatic carbocycles. The minimum atomic E-state index is -0.244. The number of nitrogens with two attached hydrogens (primary N) is 1. The van der Waals surface area contributed by atoms with Crippen LogP contribution in [0.4, 0.5) is 11.4 Å². The maximum Gasteiger partial charge on any atom is 0.244 e. The second kappa shape index (κ2) is 5.82. The zero-order valence-corrected chi connectivity index (χ0v) is 11.5. The van der Waals surface area contributed by atoms with E-state index in [1.165, 1.54) is 0 Å². The first-order valence-corrected chi connectivity index (χ1v) is 6.60. The van der Waals surface area contributed by atoms with Crippen molar-refractivity contribution in [3.05, 3.63) is 18.2 Å². The maximum atomic E-state index is 12.2. The first-order valence-electron chi connectivity index (χ1n) is 6.60. The largest absolute Gasteiger partial charge is 0.495 e. The lowest BCUT2D eigenvalue weighted by Crippen LogP contribution is -2.39. The summed E-state index contributed by atoms with van der Waals surface area (Å²) >= 11 is 0. The van der Waals surface area contributed by atoms with E-state index in [-0.39, 0.29) is 11.9 Å². The van der Waals surface area contributed by atoms with E-state index in [0.29, 0.717) is 11.4 Å². The van der Waals surface area contributed by atoms with E-state index in [1.807, 2.05) is 24.0 Å². The molecule has 1 amide bonds. The van der Waals surface area contributed by atoms with Crippen molar-refractivity contribution in [2.75, 3.05) is 31.2 Å². The van der Waals surface area contributed by atoms with Gasteiger partial charge >= 0.3 is 0 Å². The van der Waals surface area contributed by atoms with E-state index in [1.54, 1.807) is 13.2 Å². The maximum absolute atomic E-state index is 12.2. The van der Waals surface area contributed by atoms with Gasteiger partial charge < -0.3 is 20.7 Å². The predicted octanol–water partition coefficient (Wildman–Crippen LogP) is 1.70. The average molecular weight is 263 g/mol. The Hall–Kier alpha value is -1.91. The summed E-state index contributed by atoms with van der Waals surface area (Å²) in [6, 6.07) is 5.19. The molecule has 0 aromatic heterocycles. The van der Waals surface area contributed by atoms with Crippen LogP contribution in [-0.2, 0) is 4.79 Å². The fourth-order valence-electron chi connectivity index (χ4n) is 2.32. The fraction of sp³-hybridized carbons (Fsp3) is 0.500. The number of benzene rings is 1. The number of hydrogen-bond donors (Lipinski definition) is 2. The van der Waals surface area contributed by atoms with Gasteiger partial charge in [0.2, 0.25) is 5.91 Å². The van der Waals surface area contributed by atoms with Gasteiger partial charge in [0, 0.05) is 24.8 Å². The molecule has 0 bridgehead atoms. The van der Waals surface area contributed by atoms with Crippen LogP contribution in [0, 0.1) is 0 Å². The number of carbonyl (C=O) groups excluding carboxylic acids is 1. The van der Waals surface area contributed by atoms with E-state index in [0.717, 1.165) is 31.6 Å². The number of ether oxygens (including phenoxy) is 1. The van der Waals surface area contributed by atoms with Gasteiger partial charge in [0.15, 0.2) is 0 Å². The molecule has 5 heteroatoms. The van der Waals surface area contributed by atoms with Gasteiger partial charge in [-0.25, -0.2) is 0 Å². The monoisotopic (exact) mass is 263 g/mol. The second-order valence-electron chi connectivity index (χ2n) is 4.86. The molecule has 5 nitrogen and oxygen atoms in total. The van der Waals surface area contributed by atoms with Crippen molar-refractivity contribution in [2.24, 2.45) is 0 Å². The van der Waals surface area contributed by atoms with Gasteiger partial charge in [-0.3, -0.25) is 4.79 Å². The molecule has 1 saturated heterocycles. The van der Waals surface area contributed by atoms with Crippen LogP contribution in [0.15, 0.2) is 18.2 Å². The highest BCUT2D eigenvalue weighted by molar-refractivity contribution is 5.84. The van der Waals surface area contributed by atoms with Crippen LogP contribution in [0.2, 0.25) is 0 Å². The standard InChI is InChI=1S/C14H21N3O2/c1-10(14(18)17-7-3-4-8-17)16-11-5-6-12(15)13(9-11)19-2/h5-6,9-10,16H,3-4,7-8,15H2,1-2H3. The third kappa shape index (κ3) is 3.10. The van der Waals surface area contributed by atoms with Crippen LogP contribution in [0.3, 0.4) is 0 Å². The van der Waals surface area contributed by atoms with Crippen LogP contribution in [0.1, 0.15) is 19.8 Å². The lowest BCUT2D eigenvalue weighted by molar-refractivity contribution is -0.130. The van der Waals surface area contributed by atoms with Gasteiger partial charge in [0.1, 0.15) is 11.8 Å². The molecule has 1 heterocycles. The lowest BCUT2D eigenvalue weighted by atomic mass is 10.2. The van der Waals surface area contributed by atoms with E-state index in [2.05, 4.69) is 5.32 Å². The zero-order valence-electron chi connectivity index (χ0n) is 11.5. The molecule has 1 unspecified atom stereocenters. The van der Waals surface area contributed by atoms with Crippen molar-refractivity contribution in [1.82, 2.24) is 4.90 Å². The van der Waals surface area contributed by atoms with Gasteiger partial charge in [-0.05, 0) is 31.9 Å². The topological polar surface area (TPSA) is 67.6 Å². The highest BCUT2D eigenvalue weighted by Gasteiger charge is 2.23. The quantitative estimate of drug-likeness (QED) is 0.811. The molecule has 1 fully saturated rings. The van der Waals surface area contributed by atoms with Crippen molar-refractivity contribution < 1.29 is 9.53 Å². The number of carbonyl (C=O) groups is 1. The Balaban J connectivity index is 2.01. The fourth-order valence-corrected chi connectivity index (χ4v) is 2.32. The molecule has 3 N–H and O–H groups in total. The van der Waals surface area contributed by atoms with Crippen LogP contribution >= 0.6 is 0 Å². The summed E-state index contributed by atoms with van der Waals surface area (Å²) in [6.07, 6.45) is 2.21. The molecule has 1 aromatic rings. The Bertz CT molecular complexity index is 456. The number of likely N-dealkylation sites (tertiary alicyclic amines) is 1. The Kier molecular flexibility index (Phi) is 4.14. The van der Waals surface area contributed by atoms with Gasteiger partial charge in [0.05, 0.1) is 12.8 Å². The van der Waals surface area contributed by atoms with E-state index < -0.39 is 0 Å². The normalized spacial score (nSPS) is 16.2. The average Bonchev–Trinajstić information content (AvgIpc) is 2.94. The van der Waals surface area contributed by atoms with Crippen molar-refractivity contribution in [3.63, 3.8) is 0 Å². The minimum absolute atomic E-state index is 0.147. The first-order chi connectivity index (χ1) is 9.11. The molecule has 0 radical (unpaired) electrons. The molecule has 19 heavy (non-hydrogen) atoms. The number of rotatable bonds is 4. The summed E-state index contributed by atoms with van der Waals surface area (Å²) in [5.41, 5.74) is 7.19. The number of amides is 1. The zero-order chi connectivity index (χ0) is 13.8. The molecular formula is C14H21N3O2. The number of nitrogen functional groups attached to an aromatic ring is 1. The number of nitrogens with zero attached hydrogens (tertiary/aromatic N) is 1. The van der Waals surface area contributed by atoms with E-state index in [9.17, 15) is 4.79 Å². The second-order valence-corrected chi connectivity index (χ2v) is 4.86. The minimum Gasteiger partial charge on any atom is -0.495 e. The number of nitrogens with one attached hydrogen (secondary N) is 1. The molecule has 2 rings (SSSR count). The molecule has 1 aromatic carbocycles. The van der Waals surface area contributed by atoms with Gasteiger partial charge in [0.25, 0.3) is 0 Å². The van der Waals surface area contributed by atoms with E-state index >= 15 is 0 Å². The molecule has 104 valence electrons. The molecule has 0 spiro atoms. The third-order valence-electron chi connectivity index (χ3n) is 3.40. The lowest BCUT2D eigenvalue weighted by Gasteiger charge is -2.22. The van der Waals surface area contributed by atoms with Crippen molar-refractivity contribution in [1.29, 1.82) is 0 Å². The summed E-state index contributed by atoms with van der Waals surface area (Å²) < 4.78 is 5.17. The number of hydrogen-bond acceptors (Lipinski definition) is 4. The summed E-state index contributed by atoms with van der Waals surface area (Å²) in [4.78, 5) is 14.1. The molecule has 1 atom stereocenters. The third-order valence-corrected chi connectivity index (χ3v) is 3.40. The van der Waals surface area contributed by atoms with Crippen LogP contribution < -0.4 is 15.8 Å². The van der Waals surface area contributed by atoms with Gasteiger partial charge in [-0.15, -0.1) is 0 Å². The Labute approximate surface area is 113 Å². The molecule has 1 aliphatic heterocycles. The van der Waals surface area contributed by atoms with E-state index in [4.69, 9.17) is 10.5 Å². The highest BCUT2D eigenvalue weighted by atomic mass is 16.5. The summed E-state index contributed by atoms with van der Waals surface area (Å²) in [7, 11) is 1.58. The van der Waals surface area contributed by atoms with Crippen LogP contribution in [-0.4, -0.2) is 37.0 Å². The predicted molar refractivity (Wildman–Crippen MR) is 76.3 cm³/mol. The van der Waals surface area contributed by atoms with Crippen molar-refractivity contribution in [2.45, 2.75) is 25.8 Å². The van der Waals surface area contributed by atoms with Crippen molar-refractivity contribution in [3.8, 4) is 5.75 Å². The SMILES string of the molecule is COc1cc(NC(C)C(=O)N2CCCC2)ccc1N. The Morgan fingerprint density at radius 1 is 1.42 bits per heavy atom. The first kappa shape index (κ1) is 13.5. The number of methoxy groups -OCH3 is 1. The number of anilines is 2. The molecule has 1 aliphatic rings. The molecular weight excluding hydrogens is 242 g/mol. The van der Waals surface area contributed by atoms with Crippen LogP contribution in [0.5, 0.6) is 5.75 Å². The van der Waals surface area contributed by atoms with Gasteiger partial charge in [-0.2, -0.15) is 0 Å². The molecule has 0 saturated carbocycles. The van der Waals surface area contributed by atoms with Gasteiger partial charge in [-0.1, -0.05) is 0 Å². The smallest absolute Gasteiger partial charge is 0.244 e. The summed E-state index contributed by atoms with van der Waals surface area (Å²) in [5.74, 6) is 0.763. The Morgan fingerprint density at radius 2 is 2.11 bits per heavy atom. The highest BCUT2D eigenvalue weighted by Crippen LogP contribution is 2.25. The summed E-state index contributed by atoms with van der Waals surface area (Å²) in [6.45, 7) is 3.62.